The van der Waals surface area contributed by atoms with Gasteiger partial charge in [-0.15, -0.1) is 0 Å². The zero-order valence-electron chi connectivity index (χ0n) is 12.9. The van der Waals surface area contributed by atoms with E-state index in [-0.39, 0.29) is 0 Å². The lowest BCUT2D eigenvalue weighted by Crippen LogP contribution is -2.39. The Hall–Kier alpha value is -1.71. The molecule has 1 saturated carbocycles. The van der Waals surface area contributed by atoms with Gasteiger partial charge in [-0.25, -0.2) is 0 Å². The third kappa shape index (κ3) is 4.13. The molecule has 4 nitrogen and oxygen atoms in total. The number of nitrogens with zero attached hydrogens (tertiary/aromatic N) is 2. The zero-order valence-corrected chi connectivity index (χ0v) is 12.9. The zero-order chi connectivity index (χ0) is 14.5. The molecule has 1 aromatic rings. The van der Waals surface area contributed by atoms with E-state index >= 15 is 0 Å². The third-order valence-electron chi connectivity index (χ3n) is 4.18. The molecule has 2 N–H and O–H groups in total. The Balaban J connectivity index is 1.51. The van der Waals surface area contributed by atoms with Crippen LogP contribution in [0.2, 0.25) is 0 Å². The quantitative estimate of drug-likeness (QED) is 0.644. The van der Waals surface area contributed by atoms with Gasteiger partial charge < -0.3 is 15.5 Å². The lowest BCUT2D eigenvalue weighted by Gasteiger charge is -2.18. The fourth-order valence-electron chi connectivity index (χ4n) is 2.82. The summed E-state index contributed by atoms with van der Waals surface area (Å²) in [5.74, 6) is 1.66. The van der Waals surface area contributed by atoms with E-state index in [0.717, 1.165) is 32.1 Å². The van der Waals surface area contributed by atoms with Crippen molar-refractivity contribution in [1.29, 1.82) is 0 Å². The van der Waals surface area contributed by atoms with Crippen LogP contribution >= 0.6 is 0 Å². The van der Waals surface area contributed by atoms with Crippen LogP contribution in [0.4, 0.5) is 5.69 Å². The molecular weight excluding hydrogens is 260 g/mol. The van der Waals surface area contributed by atoms with Crippen LogP contribution in [-0.4, -0.2) is 38.2 Å². The number of para-hydroxylation sites is 1. The van der Waals surface area contributed by atoms with Crippen molar-refractivity contribution in [3.05, 3.63) is 30.3 Å². The number of anilines is 1. The number of rotatable bonds is 5. The average Bonchev–Trinajstić information content (AvgIpc) is 3.20. The van der Waals surface area contributed by atoms with Gasteiger partial charge in [0.1, 0.15) is 0 Å². The Kier molecular flexibility index (Phi) is 4.63. The molecule has 1 aliphatic carbocycles. The Labute approximate surface area is 127 Å². The lowest BCUT2D eigenvalue weighted by atomic mass is 10.1. The second-order valence-electron chi connectivity index (χ2n) is 6.07. The van der Waals surface area contributed by atoms with Crippen molar-refractivity contribution in [2.24, 2.45) is 10.9 Å². The third-order valence-corrected chi connectivity index (χ3v) is 4.18. The minimum atomic E-state index is 0.659. The Morgan fingerprint density at radius 1 is 1.24 bits per heavy atom. The van der Waals surface area contributed by atoms with E-state index in [2.05, 4.69) is 52.8 Å². The maximum absolute atomic E-state index is 4.77. The van der Waals surface area contributed by atoms with E-state index in [1.165, 1.54) is 24.9 Å². The van der Waals surface area contributed by atoms with Crippen molar-refractivity contribution in [3.8, 4) is 0 Å². The second-order valence-corrected chi connectivity index (χ2v) is 6.07. The Bertz CT molecular complexity index is 467. The fourth-order valence-corrected chi connectivity index (χ4v) is 2.82. The van der Waals surface area contributed by atoms with Gasteiger partial charge >= 0.3 is 0 Å². The molecule has 4 heteroatoms. The molecule has 114 valence electrons. The molecule has 0 aromatic heterocycles. The molecule has 21 heavy (non-hydrogen) atoms. The lowest BCUT2D eigenvalue weighted by molar-refractivity contribution is 0.599. The van der Waals surface area contributed by atoms with Crippen LogP contribution in [0.3, 0.4) is 0 Å². The number of hydrogen-bond acceptors (Lipinski definition) is 2. The van der Waals surface area contributed by atoms with Crippen molar-refractivity contribution in [1.82, 2.24) is 10.6 Å². The summed E-state index contributed by atoms with van der Waals surface area (Å²) in [5, 5.41) is 6.83. The smallest absolute Gasteiger partial charge is 0.191 e. The summed E-state index contributed by atoms with van der Waals surface area (Å²) in [5.41, 5.74) is 1.34. The summed E-state index contributed by atoms with van der Waals surface area (Å²) in [6.07, 6.45) is 3.81. The van der Waals surface area contributed by atoms with E-state index in [9.17, 15) is 0 Å². The van der Waals surface area contributed by atoms with Gasteiger partial charge in [0.2, 0.25) is 0 Å². The van der Waals surface area contributed by atoms with E-state index in [1.54, 1.807) is 0 Å². The van der Waals surface area contributed by atoms with Crippen molar-refractivity contribution in [3.63, 3.8) is 0 Å². The highest BCUT2D eigenvalue weighted by Gasteiger charge is 2.24. The van der Waals surface area contributed by atoms with Crippen molar-refractivity contribution < 1.29 is 0 Å². The number of benzene rings is 1. The molecule has 0 spiro atoms. The number of aliphatic imine (C=N–C) groups is 1. The van der Waals surface area contributed by atoms with Gasteiger partial charge in [-0.3, -0.25) is 4.99 Å². The van der Waals surface area contributed by atoms with Gasteiger partial charge in [-0.05, 0) is 44.2 Å². The summed E-state index contributed by atoms with van der Waals surface area (Å²) in [4.78, 5) is 7.25. The van der Waals surface area contributed by atoms with Crippen LogP contribution in [-0.2, 0) is 0 Å². The van der Waals surface area contributed by atoms with Gasteiger partial charge in [0.15, 0.2) is 5.96 Å². The molecule has 1 heterocycles. The predicted octanol–water partition coefficient (Wildman–Crippen LogP) is 2.23. The number of hydrogen-bond donors (Lipinski definition) is 2. The highest BCUT2D eigenvalue weighted by Crippen LogP contribution is 2.23. The first-order chi connectivity index (χ1) is 10.3. The van der Waals surface area contributed by atoms with Crippen LogP contribution in [0, 0.1) is 5.92 Å². The standard InChI is InChI=1S/C17H26N4/c1-2-18-17(20-15-8-9-15)19-12-14-10-11-21(13-14)16-6-4-3-5-7-16/h3-7,14-15H,2,8-13H2,1H3,(H2,18,19,20). The molecule has 1 aliphatic heterocycles. The Morgan fingerprint density at radius 2 is 2.05 bits per heavy atom. The Morgan fingerprint density at radius 3 is 2.76 bits per heavy atom. The molecule has 0 amide bonds. The van der Waals surface area contributed by atoms with Crippen LogP contribution in [0.1, 0.15) is 26.2 Å². The molecular formula is C17H26N4. The normalized spacial score (nSPS) is 22.4. The first kappa shape index (κ1) is 14.2. The van der Waals surface area contributed by atoms with Crippen LogP contribution in [0.5, 0.6) is 0 Å². The first-order valence-electron chi connectivity index (χ1n) is 8.20. The molecule has 1 atom stereocenters. The topological polar surface area (TPSA) is 39.7 Å². The second kappa shape index (κ2) is 6.83. The van der Waals surface area contributed by atoms with Crippen LogP contribution in [0.15, 0.2) is 35.3 Å². The molecule has 1 aromatic carbocycles. The maximum Gasteiger partial charge on any atom is 0.191 e. The SMILES string of the molecule is CCNC(=NCC1CCN(c2ccccc2)C1)NC1CC1. The maximum atomic E-state index is 4.77. The highest BCUT2D eigenvalue weighted by molar-refractivity contribution is 5.80. The van der Waals surface area contributed by atoms with Gasteiger partial charge in [0.05, 0.1) is 0 Å². The molecule has 2 fully saturated rings. The van der Waals surface area contributed by atoms with Crippen LogP contribution in [0.25, 0.3) is 0 Å². The fraction of sp³-hybridized carbons (Fsp3) is 0.588. The van der Waals surface area contributed by atoms with Gasteiger partial charge in [-0.2, -0.15) is 0 Å². The predicted molar refractivity (Wildman–Crippen MR) is 88.9 cm³/mol. The average molecular weight is 286 g/mol. The van der Waals surface area contributed by atoms with Crippen molar-refractivity contribution in [2.75, 3.05) is 31.1 Å². The van der Waals surface area contributed by atoms with E-state index in [0.29, 0.717) is 12.0 Å². The highest BCUT2D eigenvalue weighted by atomic mass is 15.2. The number of nitrogens with one attached hydrogen (secondary N) is 2. The van der Waals surface area contributed by atoms with Gasteiger partial charge in [0, 0.05) is 37.9 Å². The monoisotopic (exact) mass is 286 g/mol. The molecule has 2 aliphatic rings. The molecule has 0 radical (unpaired) electrons. The summed E-state index contributed by atoms with van der Waals surface area (Å²) in [6, 6.07) is 11.4. The van der Waals surface area contributed by atoms with Crippen molar-refractivity contribution >= 4 is 11.6 Å². The van der Waals surface area contributed by atoms with E-state index in [1.807, 2.05) is 0 Å². The number of guanidine groups is 1. The molecule has 1 saturated heterocycles. The van der Waals surface area contributed by atoms with E-state index in [4.69, 9.17) is 4.99 Å². The summed E-state index contributed by atoms with van der Waals surface area (Å²) < 4.78 is 0. The molecule has 0 bridgehead atoms. The largest absolute Gasteiger partial charge is 0.371 e. The summed E-state index contributed by atoms with van der Waals surface area (Å²) >= 11 is 0. The van der Waals surface area contributed by atoms with Crippen molar-refractivity contribution in [2.45, 2.75) is 32.2 Å². The van der Waals surface area contributed by atoms with Gasteiger partial charge in [0.25, 0.3) is 0 Å². The van der Waals surface area contributed by atoms with Gasteiger partial charge in [-0.1, -0.05) is 18.2 Å². The van der Waals surface area contributed by atoms with Crippen LogP contribution < -0.4 is 15.5 Å². The van der Waals surface area contributed by atoms with E-state index < -0.39 is 0 Å². The minimum Gasteiger partial charge on any atom is -0.371 e. The summed E-state index contributed by atoms with van der Waals surface area (Å²) in [6.45, 7) is 6.24. The first-order valence-corrected chi connectivity index (χ1v) is 8.20. The molecule has 3 rings (SSSR count). The minimum absolute atomic E-state index is 0.659. The summed E-state index contributed by atoms with van der Waals surface area (Å²) in [7, 11) is 0. The molecule has 1 unspecified atom stereocenters.